The number of benzene rings is 1. The summed E-state index contributed by atoms with van der Waals surface area (Å²) in [5.74, 6) is 1.08. The smallest absolute Gasteiger partial charge is 0.225 e. The van der Waals surface area contributed by atoms with Crippen LogP contribution in [-0.2, 0) is 16.1 Å². The van der Waals surface area contributed by atoms with Crippen molar-refractivity contribution >= 4 is 11.8 Å². The molecule has 0 spiro atoms. The second-order valence-corrected chi connectivity index (χ2v) is 8.55. The van der Waals surface area contributed by atoms with E-state index in [1.807, 2.05) is 12.1 Å². The number of rotatable bonds is 5. The van der Waals surface area contributed by atoms with Crippen LogP contribution in [0.5, 0.6) is 5.75 Å². The predicted molar refractivity (Wildman–Crippen MR) is 107 cm³/mol. The van der Waals surface area contributed by atoms with Gasteiger partial charge in [-0.2, -0.15) is 0 Å². The lowest BCUT2D eigenvalue weighted by Crippen LogP contribution is -2.51. The van der Waals surface area contributed by atoms with Crippen LogP contribution in [-0.4, -0.2) is 58.9 Å². The van der Waals surface area contributed by atoms with E-state index in [-0.39, 0.29) is 17.6 Å². The first-order valence-corrected chi connectivity index (χ1v) is 10.7. The Hall–Kier alpha value is -2.08. The van der Waals surface area contributed by atoms with Gasteiger partial charge in [-0.05, 0) is 62.8 Å². The summed E-state index contributed by atoms with van der Waals surface area (Å²) in [6.45, 7) is 4.12. The number of piperidine rings is 2. The first-order chi connectivity index (χ1) is 13.6. The largest absolute Gasteiger partial charge is 0.508 e. The minimum Gasteiger partial charge on any atom is -0.508 e. The van der Waals surface area contributed by atoms with Gasteiger partial charge >= 0.3 is 0 Å². The third-order valence-corrected chi connectivity index (χ3v) is 6.45. The van der Waals surface area contributed by atoms with Gasteiger partial charge in [-0.15, -0.1) is 0 Å². The van der Waals surface area contributed by atoms with Crippen molar-refractivity contribution in [2.75, 3.05) is 26.2 Å². The van der Waals surface area contributed by atoms with E-state index in [2.05, 4.69) is 15.1 Å². The minimum absolute atomic E-state index is 0.0389. The van der Waals surface area contributed by atoms with Crippen LogP contribution in [0.4, 0.5) is 0 Å². The van der Waals surface area contributed by atoms with Crippen LogP contribution in [0.15, 0.2) is 24.3 Å². The summed E-state index contributed by atoms with van der Waals surface area (Å²) in [5, 5.41) is 12.4. The molecule has 2 amide bonds. The molecule has 2 aliphatic heterocycles. The standard InChI is InChI=1S/C22H31N3O3/c26-20-7-3-16(4-8-20)14-23-21(27)18-2-1-11-25(15-18)19-9-12-24(13-10-19)22(28)17-5-6-17/h3-4,7-8,17-19,26H,1-2,5-6,9-15H2,(H,23,27)/t18-/m1/s1. The Morgan fingerprint density at radius 2 is 1.68 bits per heavy atom. The van der Waals surface area contributed by atoms with Gasteiger partial charge < -0.3 is 15.3 Å². The molecule has 3 fully saturated rings. The van der Waals surface area contributed by atoms with E-state index >= 15 is 0 Å². The van der Waals surface area contributed by atoms with E-state index in [9.17, 15) is 14.7 Å². The molecule has 0 radical (unpaired) electrons. The van der Waals surface area contributed by atoms with Crippen LogP contribution in [0, 0.1) is 11.8 Å². The van der Waals surface area contributed by atoms with Crippen LogP contribution in [0.1, 0.15) is 44.1 Å². The fourth-order valence-electron chi connectivity index (χ4n) is 4.54. The normalized spacial score (nSPS) is 24.1. The van der Waals surface area contributed by atoms with Gasteiger partial charge in [0.25, 0.3) is 0 Å². The van der Waals surface area contributed by atoms with Gasteiger partial charge in [-0.3, -0.25) is 14.5 Å². The molecule has 1 aliphatic carbocycles. The molecule has 0 unspecified atom stereocenters. The molecule has 1 aromatic rings. The molecule has 6 nitrogen and oxygen atoms in total. The Morgan fingerprint density at radius 1 is 0.964 bits per heavy atom. The molecule has 1 atom stereocenters. The van der Waals surface area contributed by atoms with Crippen LogP contribution in [0.2, 0.25) is 0 Å². The molecular weight excluding hydrogens is 354 g/mol. The molecule has 1 saturated carbocycles. The summed E-state index contributed by atoms with van der Waals surface area (Å²) in [4.78, 5) is 29.4. The van der Waals surface area contributed by atoms with Crippen molar-refractivity contribution in [3.8, 4) is 5.75 Å². The van der Waals surface area contributed by atoms with Gasteiger partial charge in [-0.25, -0.2) is 0 Å². The molecule has 1 aromatic carbocycles. The van der Waals surface area contributed by atoms with Gasteiger partial charge in [0.2, 0.25) is 11.8 Å². The van der Waals surface area contributed by atoms with Crippen molar-refractivity contribution in [3.05, 3.63) is 29.8 Å². The van der Waals surface area contributed by atoms with Crippen LogP contribution < -0.4 is 5.32 Å². The highest BCUT2D eigenvalue weighted by Gasteiger charge is 2.37. The Kier molecular flexibility index (Phi) is 5.85. The van der Waals surface area contributed by atoms with Crippen LogP contribution >= 0.6 is 0 Å². The number of hydrogen-bond donors (Lipinski definition) is 2. The number of aromatic hydroxyl groups is 1. The number of hydrogen-bond acceptors (Lipinski definition) is 4. The monoisotopic (exact) mass is 385 g/mol. The first kappa shape index (κ1) is 19.2. The summed E-state index contributed by atoms with van der Waals surface area (Å²) in [5.41, 5.74) is 0.992. The molecule has 0 aromatic heterocycles. The second kappa shape index (κ2) is 8.52. The lowest BCUT2D eigenvalue weighted by atomic mass is 9.93. The van der Waals surface area contributed by atoms with Gasteiger partial charge in [0.15, 0.2) is 0 Å². The zero-order chi connectivity index (χ0) is 19.5. The van der Waals surface area contributed by atoms with Gasteiger partial charge in [0.05, 0.1) is 5.92 Å². The maximum atomic E-state index is 12.6. The van der Waals surface area contributed by atoms with Crippen molar-refractivity contribution in [1.29, 1.82) is 0 Å². The lowest BCUT2D eigenvalue weighted by Gasteiger charge is -2.42. The number of carbonyl (C=O) groups is 2. The number of phenols is 1. The zero-order valence-corrected chi connectivity index (χ0v) is 16.5. The summed E-state index contributed by atoms with van der Waals surface area (Å²) in [6.07, 6.45) is 6.20. The Labute approximate surface area is 166 Å². The highest BCUT2D eigenvalue weighted by molar-refractivity contribution is 5.81. The highest BCUT2D eigenvalue weighted by Crippen LogP contribution is 2.32. The third kappa shape index (κ3) is 4.66. The Balaban J connectivity index is 1.24. The molecular formula is C22H31N3O3. The third-order valence-electron chi connectivity index (χ3n) is 6.45. The fraction of sp³-hybridized carbons (Fsp3) is 0.636. The maximum Gasteiger partial charge on any atom is 0.225 e. The van der Waals surface area contributed by atoms with Gasteiger partial charge in [0, 0.05) is 38.1 Å². The molecule has 2 heterocycles. The molecule has 28 heavy (non-hydrogen) atoms. The van der Waals surface area contributed by atoms with E-state index in [0.29, 0.717) is 24.4 Å². The molecule has 3 aliphatic rings. The van der Waals surface area contributed by atoms with Crippen LogP contribution in [0.25, 0.3) is 0 Å². The number of amides is 2. The van der Waals surface area contributed by atoms with E-state index in [0.717, 1.165) is 70.3 Å². The number of carbonyl (C=O) groups excluding carboxylic acids is 2. The maximum absolute atomic E-state index is 12.6. The number of nitrogens with one attached hydrogen (secondary N) is 1. The SMILES string of the molecule is O=C(NCc1ccc(O)cc1)[C@@H]1CCCN(C2CCN(C(=O)C3CC3)CC2)C1. The minimum atomic E-state index is 0.0389. The van der Waals surface area contributed by atoms with Gasteiger partial charge in [-0.1, -0.05) is 12.1 Å². The van der Waals surface area contributed by atoms with E-state index in [1.54, 1.807) is 12.1 Å². The van der Waals surface area contributed by atoms with Crippen LogP contribution in [0.3, 0.4) is 0 Å². The summed E-state index contributed by atoms with van der Waals surface area (Å²) >= 11 is 0. The van der Waals surface area contributed by atoms with Crippen molar-refractivity contribution in [2.45, 2.75) is 51.1 Å². The van der Waals surface area contributed by atoms with E-state index < -0.39 is 0 Å². The average molecular weight is 386 g/mol. The van der Waals surface area contributed by atoms with Crippen molar-refractivity contribution < 1.29 is 14.7 Å². The van der Waals surface area contributed by atoms with E-state index in [1.165, 1.54) is 0 Å². The summed E-state index contributed by atoms with van der Waals surface area (Å²) in [7, 11) is 0. The zero-order valence-electron chi connectivity index (χ0n) is 16.5. The highest BCUT2D eigenvalue weighted by atomic mass is 16.3. The summed E-state index contributed by atoms with van der Waals surface area (Å²) in [6, 6.07) is 7.45. The number of phenolic OH excluding ortho intramolecular Hbond substituents is 1. The second-order valence-electron chi connectivity index (χ2n) is 8.55. The van der Waals surface area contributed by atoms with Crippen molar-refractivity contribution in [2.24, 2.45) is 11.8 Å². The fourth-order valence-corrected chi connectivity index (χ4v) is 4.54. The predicted octanol–water partition coefficient (Wildman–Crippen LogP) is 2.12. The quantitative estimate of drug-likeness (QED) is 0.814. The van der Waals surface area contributed by atoms with Gasteiger partial charge in [0.1, 0.15) is 5.75 Å². The average Bonchev–Trinajstić information content (AvgIpc) is 3.58. The Bertz CT molecular complexity index is 693. The molecule has 0 bridgehead atoms. The van der Waals surface area contributed by atoms with Crippen molar-refractivity contribution in [1.82, 2.24) is 15.1 Å². The molecule has 2 N–H and O–H groups in total. The lowest BCUT2D eigenvalue weighted by molar-refractivity contribution is -0.134. The molecule has 152 valence electrons. The molecule has 4 rings (SSSR count). The van der Waals surface area contributed by atoms with Crippen molar-refractivity contribution in [3.63, 3.8) is 0 Å². The number of nitrogens with zero attached hydrogens (tertiary/aromatic N) is 2. The first-order valence-electron chi connectivity index (χ1n) is 10.7. The summed E-state index contributed by atoms with van der Waals surface area (Å²) < 4.78 is 0. The topological polar surface area (TPSA) is 72.9 Å². The Morgan fingerprint density at radius 3 is 2.36 bits per heavy atom. The molecule has 2 saturated heterocycles. The molecule has 6 heteroatoms. The number of likely N-dealkylation sites (tertiary alicyclic amines) is 2. The van der Waals surface area contributed by atoms with E-state index in [4.69, 9.17) is 0 Å².